The van der Waals surface area contributed by atoms with Gasteiger partial charge in [-0.25, -0.2) is 9.78 Å². The fourth-order valence-electron chi connectivity index (χ4n) is 3.62. The molecule has 218 valence electrons. The number of phenols is 1. The number of nitrogens with one attached hydrogen (secondary N) is 5. The lowest BCUT2D eigenvalue weighted by atomic mass is 9.98. The van der Waals surface area contributed by atoms with E-state index >= 15 is 0 Å². The van der Waals surface area contributed by atoms with Crippen LogP contribution in [0, 0.1) is 5.92 Å². The highest BCUT2D eigenvalue weighted by molar-refractivity contribution is 5.94. The Kier molecular flexibility index (Phi) is 12.1. The number of nitrogens with two attached hydrogens (primary N) is 1. The maximum absolute atomic E-state index is 13.0. The monoisotopic (exact) mass is 559 g/mol. The van der Waals surface area contributed by atoms with Gasteiger partial charge in [-0.15, -0.1) is 0 Å². The van der Waals surface area contributed by atoms with Gasteiger partial charge in [0.15, 0.2) is 0 Å². The molecule has 2 rings (SSSR count). The number of imidazole rings is 1. The molecule has 5 atom stereocenters. The van der Waals surface area contributed by atoms with Gasteiger partial charge < -0.3 is 42.2 Å². The van der Waals surface area contributed by atoms with Crippen LogP contribution in [0.2, 0.25) is 0 Å². The topological polar surface area (TPSA) is 229 Å². The summed E-state index contributed by atoms with van der Waals surface area (Å²) in [4.78, 5) is 68.7. The third-order valence-corrected chi connectivity index (χ3v) is 6.36. The Hall–Kier alpha value is -4.46. The van der Waals surface area contributed by atoms with Crippen LogP contribution in [0.1, 0.15) is 38.4 Å². The Bertz CT molecular complexity index is 1150. The number of rotatable bonds is 15. The van der Waals surface area contributed by atoms with Gasteiger partial charge in [0, 0.05) is 24.7 Å². The van der Waals surface area contributed by atoms with Crippen LogP contribution in [0.5, 0.6) is 5.75 Å². The fourth-order valence-corrected chi connectivity index (χ4v) is 3.62. The molecule has 1 aromatic carbocycles. The summed E-state index contributed by atoms with van der Waals surface area (Å²) < 4.78 is 0. The number of carbonyl (C=O) groups excluding carboxylic acids is 4. The second kappa shape index (κ2) is 15.2. The van der Waals surface area contributed by atoms with Crippen molar-refractivity contribution in [2.24, 2.45) is 11.7 Å². The standard InChI is InChI=1S/C26H37N7O7/c1-4-14(2)22(27)25(38)32-19(9-16-5-7-18(34)8-6-16)24(37)29-12-21(35)31-15(3)23(36)33-20(26(39)40)10-17-11-28-13-30-17/h5-8,11,13-15,19-20,22,34H,4,9-10,12,27H2,1-3H3,(H,28,30)(H,29,37)(H,31,35)(H,32,38)(H,33,36)(H,39,40)/t14-,15-,19-,20-,22-/m0/s1. The lowest BCUT2D eigenvalue weighted by Crippen LogP contribution is -2.55. The van der Waals surface area contributed by atoms with Crippen molar-refractivity contribution in [1.29, 1.82) is 0 Å². The molecule has 0 aliphatic heterocycles. The summed E-state index contributed by atoms with van der Waals surface area (Å²) in [5.74, 6) is -3.97. The van der Waals surface area contributed by atoms with Crippen LogP contribution in [0.25, 0.3) is 0 Å². The zero-order chi connectivity index (χ0) is 29.8. The quantitative estimate of drug-likeness (QED) is 0.133. The van der Waals surface area contributed by atoms with Gasteiger partial charge in [-0.1, -0.05) is 32.4 Å². The van der Waals surface area contributed by atoms with Crippen molar-refractivity contribution < 1.29 is 34.2 Å². The number of carboxylic acids is 1. The molecule has 0 saturated heterocycles. The van der Waals surface area contributed by atoms with E-state index in [1.165, 1.54) is 31.6 Å². The first kappa shape index (κ1) is 31.8. The summed E-state index contributed by atoms with van der Waals surface area (Å²) in [5, 5.41) is 28.8. The van der Waals surface area contributed by atoms with E-state index < -0.39 is 60.3 Å². The van der Waals surface area contributed by atoms with Gasteiger partial charge in [0.05, 0.1) is 18.9 Å². The number of H-pyrrole nitrogens is 1. The molecule has 0 aliphatic rings. The molecule has 14 nitrogen and oxygen atoms in total. The van der Waals surface area contributed by atoms with Gasteiger partial charge in [0.25, 0.3) is 0 Å². The Morgan fingerprint density at radius 3 is 2.17 bits per heavy atom. The van der Waals surface area contributed by atoms with E-state index in [9.17, 15) is 34.2 Å². The summed E-state index contributed by atoms with van der Waals surface area (Å²) in [5.41, 5.74) is 7.16. The predicted molar refractivity (Wildman–Crippen MR) is 144 cm³/mol. The van der Waals surface area contributed by atoms with Crippen LogP contribution in [0.4, 0.5) is 0 Å². The average Bonchev–Trinajstić information content (AvgIpc) is 3.44. The van der Waals surface area contributed by atoms with Gasteiger partial charge >= 0.3 is 5.97 Å². The third kappa shape index (κ3) is 10.0. The first-order chi connectivity index (χ1) is 18.9. The minimum absolute atomic E-state index is 0.0351. The van der Waals surface area contributed by atoms with Crippen LogP contribution in [-0.2, 0) is 36.8 Å². The van der Waals surface area contributed by atoms with Gasteiger partial charge in [-0.05, 0) is 30.5 Å². The largest absolute Gasteiger partial charge is 0.508 e. The molecule has 40 heavy (non-hydrogen) atoms. The fraction of sp³-hybridized carbons (Fsp3) is 0.462. The van der Waals surface area contributed by atoms with E-state index in [0.717, 1.165) is 0 Å². The first-order valence-corrected chi connectivity index (χ1v) is 12.8. The maximum Gasteiger partial charge on any atom is 0.326 e. The zero-order valence-electron chi connectivity index (χ0n) is 22.6. The minimum Gasteiger partial charge on any atom is -0.508 e. The number of aromatic hydroxyl groups is 1. The highest BCUT2D eigenvalue weighted by Crippen LogP contribution is 2.12. The zero-order valence-corrected chi connectivity index (χ0v) is 22.6. The van der Waals surface area contributed by atoms with Gasteiger partial charge in [0.2, 0.25) is 23.6 Å². The SMILES string of the molecule is CC[C@H](C)[C@H](N)C(=O)N[C@@H](Cc1ccc(O)cc1)C(=O)NCC(=O)N[C@@H](C)C(=O)N[C@@H](Cc1cnc[nH]1)C(=O)O. The van der Waals surface area contributed by atoms with Crippen molar-refractivity contribution in [3.05, 3.63) is 48.0 Å². The molecule has 1 aromatic heterocycles. The second-order valence-electron chi connectivity index (χ2n) is 9.53. The summed E-state index contributed by atoms with van der Waals surface area (Å²) >= 11 is 0. The molecule has 1 heterocycles. The van der Waals surface area contributed by atoms with E-state index in [2.05, 4.69) is 31.2 Å². The summed E-state index contributed by atoms with van der Waals surface area (Å²) in [6.07, 6.45) is 3.51. The normalized spacial score (nSPS) is 14.6. The van der Waals surface area contributed by atoms with E-state index in [0.29, 0.717) is 17.7 Å². The summed E-state index contributed by atoms with van der Waals surface area (Å²) in [6.45, 7) is 4.57. The van der Waals surface area contributed by atoms with Crippen LogP contribution >= 0.6 is 0 Å². The number of aliphatic carboxylic acids is 1. The van der Waals surface area contributed by atoms with Gasteiger partial charge in [-0.3, -0.25) is 19.2 Å². The van der Waals surface area contributed by atoms with Crippen LogP contribution < -0.4 is 27.0 Å². The lowest BCUT2D eigenvalue weighted by Gasteiger charge is -2.23. The smallest absolute Gasteiger partial charge is 0.326 e. The minimum atomic E-state index is -1.26. The van der Waals surface area contributed by atoms with Gasteiger partial charge in [-0.2, -0.15) is 0 Å². The van der Waals surface area contributed by atoms with Crippen LogP contribution in [-0.4, -0.2) is 80.5 Å². The number of phenolic OH excluding ortho intramolecular Hbond substituents is 1. The second-order valence-corrected chi connectivity index (χ2v) is 9.53. The molecule has 14 heteroatoms. The summed E-state index contributed by atoms with van der Waals surface area (Å²) in [6, 6.07) is 1.82. The lowest BCUT2D eigenvalue weighted by molar-refractivity contribution is -0.142. The van der Waals surface area contributed by atoms with Crippen molar-refractivity contribution >= 4 is 29.6 Å². The van der Waals surface area contributed by atoms with Crippen molar-refractivity contribution in [2.45, 2.75) is 64.2 Å². The van der Waals surface area contributed by atoms with Crippen molar-refractivity contribution in [3.8, 4) is 5.75 Å². The molecule has 0 saturated carbocycles. The average molecular weight is 560 g/mol. The molecule has 9 N–H and O–H groups in total. The van der Waals surface area contributed by atoms with Crippen molar-refractivity contribution in [3.63, 3.8) is 0 Å². The molecule has 2 aromatic rings. The Morgan fingerprint density at radius 2 is 1.60 bits per heavy atom. The molecule has 0 radical (unpaired) electrons. The third-order valence-electron chi connectivity index (χ3n) is 6.36. The maximum atomic E-state index is 13.0. The molecular weight excluding hydrogens is 522 g/mol. The number of benzene rings is 1. The Balaban J connectivity index is 1.96. The number of aromatic nitrogens is 2. The molecule has 4 amide bonds. The number of aromatic amines is 1. The predicted octanol–water partition coefficient (Wildman–Crippen LogP) is -1.05. The Labute approximate surface area is 231 Å². The number of amides is 4. The Morgan fingerprint density at radius 1 is 0.950 bits per heavy atom. The summed E-state index contributed by atoms with van der Waals surface area (Å²) in [7, 11) is 0. The van der Waals surface area contributed by atoms with Crippen LogP contribution in [0.15, 0.2) is 36.8 Å². The van der Waals surface area contributed by atoms with E-state index in [4.69, 9.17) is 5.73 Å². The molecule has 0 fully saturated rings. The number of carbonyl (C=O) groups is 5. The number of hydrogen-bond donors (Lipinski definition) is 8. The van der Waals surface area contributed by atoms with E-state index in [1.54, 1.807) is 12.1 Å². The van der Waals surface area contributed by atoms with Crippen LogP contribution in [0.3, 0.4) is 0 Å². The molecular formula is C26H37N7O7. The highest BCUT2D eigenvalue weighted by Gasteiger charge is 2.28. The molecule has 0 bridgehead atoms. The van der Waals surface area contributed by atoms with E-state index in [1.807, 2.05) is 13.8 Å². The van der Waals surface area contributed by atoms with Crippen molar-refractivity contribution in [2.75, 3.05) is 6.54 Å². The molecule has 0 unspecified atom stereocenters. The van der Waals surface area contributed by atoms with E-state index in [-0.39, 0.29) is 24.5 Å². The first-order valence-electron chi connectivity index (χ1n) is 12.8. The number of carboxylic acid groups (broad SMARTS) is 1. The van der Waals surface area contributed by atoms with Gasteiger partial charge in [0.1, 0.15) is 23.9 Å². The molecule has 0 spiro atoms. The molecule has 0 aliphatic carbocycles. The number of nitrogens with zero attached hydrogens (tertiary/aromatic N) is 1. The highest BCUT2D eigenvalue weighted by atomic mass is 16.4. The number of hydrogen-bond acceptors (Lipinski definition) is 8. The van der Waals surface area contributed by atoms with Crippen molar-refractivity contribution in [1.82, 2.24) is 31.2 Å².